The highest BCUT2D eigenvalue weighted by Crippen LogP contribution is 2.16. The molecule has 21 heavy (non-hydrogen) atoms. The normalized spacial score (nSPS) is 10.8. The van der Waals surface area contributed by atoms with Crippen molar-refractivity contribution in [1.82, 2.24) is 4.90 Å². The Balaban J connectivity index is 2.02. The average Bonchev–Trinajstić information content (AvgIpc) is 2.54. The van der Waals surface area contributed by atoms with Gasteiger partial charge in [-0.15, -0.1) is 0 Å². The first-order chi connectivity index (χ1) is 10.3. The van der Waals surface area contributed by atoms with Gasteiger partial charge in [-0.1, -0.05) is 49.4 Å². The monoisotopic (exact) mass is 285 g/mol. The first kappa shape index (κ1) is 15.5. The molecule has 2 aromatic rings. The fourth-order valence-electron chi connectivity index (χ4n) is 2.26. The Bertz CT molecular complexity index is 528. The molecule has 2 rings (SSSR count). The Morgan fingerprint density at radius 3 is 2.29 bits per heavy atom. The number of hydrogen-bond donors (Lipinski definition) is 1. The summed E-state index contributed by atoms with van der Waals surface area (Å²) in [6, 6.07) is 18.2. The summed E-state index contributed by atoms with van der Waals surface area (Å²) in [7, 11) is 0. The largest absolute Gasteiger partial charge is 0.489 e. The van der Waals surface area contributed by atoms with Crippen LogP contribution in [0.1, 0.15) is 18.1 Å². The summed E-state index contributed by atoms with van der Waals surface area (Å²) >= 11 is 0. The maximum atomic E-state index is 9.10. The van der Waals surface area contributed by atoms with E-state index in [0.29, 0.717) is 13.2 Å². The molecule has 0 atom stereocenters. The van der Waals surface area contributed by atoms with E-state index in [1.165, 1.54) is 11.1 Å². The summed E-state index contributed by atoms with van der Waals surface area (Å²) in [5.41, 5.74) is 2.45. The van der Waals surface area contributed by atoms with Crippen molar-refractivity contribution < 1.29 is 9.84 Å². The van der Waals surface area contributed by atoms with Crippen molar-refractivity contribution in [1.29, 1.82) is 0 Å². The molecule has 0 saturated carbocycles. The zero-order valence-electron chi connectivity index (χ0n) is 12.5. The lowest BCUT2D eigenvalue weighted by Gasteiger charge is -2.21. The van der Waals surface area contributed by atoms with Gasteiger partial charge >= 0.3 is 0 Å². The highest BCUT2D eigenvalue weighted by molar-refractivity contribution is 5.28. The average molecular weight is 285 g/mol. The Hall–Kier alpha value is -1.84. The Morgan fingerprint density at radius 2 is 1.62 bits per heavy atom. The lowest BCUT2D eigenvalue weighted by molar-refractivity contribution is 0.195. The molecule has 0 aliphatic carbocycles. The minimum atomic E-state index is 0.191. The van der Waals surface area contributed by atoms with Crippen LogP contribution in [0.25, 0.3) is 0 Å². The number of ether oxygens (including phenoxy) is 1. The van der Waals surface area contributed by atoms with E-state index in [2.05, 4.69) is 24.0 Å². The number of aliphatic hydroxyl groups is 1. The second-order valence-corrected chi connectivity index (χ2v) is 4.96. The number of aliphatic hydroxyl groups excluding tert-OH is 1. The van der Waals surface area contributed by atoms with Crippen LogP contribution in [0.3, 0.4) is 0 Å². The molecule has 2 aromatic carbocycles. The second kappa shape index (κ2) is 8.45. The van der Waals surface area contributed by atoms with E-state index in [1.54, 1.807) is 0 Å². The predicted molar refractivity (Wildman–Crippen MR) is 85.3 cm³/mol. The number of para-hydroxylation sites is 1. The first-order valence-electron chi connectivity index (χ1n) is 7.41. The van der Waals surface area contributed by atoms with Crippen molar-refractivity contribution in [2.75, 3.05) is 19.7 Å². The minimum absolute atomic E-state index is 0.191. The van der Waals surface area contributed by atoms with Gasteiger partial charge in [-0.3, -0.25) is 4.90 Å². The molecule has 0 saturated heterocycles. The SMILES string of the molecule is CCN(CCO)Cc1ccccc1COc1ccccc1. The van der Waals surface area contributed by atoms with Gasteiger partial charge in [-0.2, -0.15) is 0 Å². The van der Waals surface area contributed by atoms with Crippen molar-refractivity contribution >= 4 is 0 Å². The van der Waals surface area contributed by atoms with E-state index in [4.69, 9.17) is 9.84 Å². The van der Waals surface area contributed by atoms with Crippen molar-refractivity contribution in [3.05, 3.63) is 65.7 Å². The van der Waals surface area contributed by atoms with Crippen LogP contribution in [0.4, 0.5) is 0 Å². The van der Waals surface area contributed by atoms with Gasteiger partial charge in [0, 0.05) is 13.1 Å². The van der Waals surface area contributed by atoms with Gasteiger partial charge in [-0.05, 0) is 29.8 Å². The van der Waals surface area contributed by atoms with E-state index in [1.807, 2.05) is 42.5 Å². The molecule has 3 nitrogen and oxygen atoms in total. The number of nitrogens with zero attached hydrogens (tertiary/aromatic N) is 1. The quantitative estimate of drug-likeness (QED) is 0.809. The molecular weight excluding hydrogens is 262 g/mol. The number of rotatable bonds is 8. The third-order valence-electron chi connectivity index (χ3n) is 3.51. The molecule has 0 spiro atoms. The van der Waals surface area contributed by atoms with Crippen LogP contribution in [0.2, 0.25) is 0 Å². The summed E-state index contributed by atoms with van der Waals surface area (Å²) in [4.78, 5) is 2.22. The molecule has 0 heterocycles. The summed E-state index contributed by atoms with van der Waals surface area (Å²) in [5, 5.41) is 9.10. The summed E-state index contributed by atoms with van der Waals surface area (Å²) < 4.78 is 5.84. The smallest absolute Gasteiger partial charge is 0.119 e. The Kier molecular flexibility index (Phi) is 6.25. The number of likely N-dealkylation sites (N-methyl/N-ethyl adjacent to an activating group) is 1. The van der Waals surface area contributed by atoms with E-state index in [0.717, 1.165) is 18.8 Å². The van der Waals surface area contributed by atoms with Crippen LogP contribution in [-0.4, -0.2) is 29.7 Å². The van der Waals surface area contributed by atoms with Gasteiger partial charge in [0.05, 0.1) is 6.61 Å². The fraction of sp³-hybridized carbons (Fsp3) is 0.333. The molecule has 0 amide bonds. The Morgan fingerprint density at radius 1 is 0.952 bits per heavy atom. The molecule has 0 radical (unpaired) electrons. The third kappa shape index (κ3) is 4.88. The second-order valence-electron chi connectivity index (χ2n) is 4.96. The zero-order valence-corrected chi connectivity index (χ0v) is 12.5. The predicted octanol–water partition coefficient (Wildman–Crippen LogP) is 3.08. The van der Waals surface area contributed by atoms with E-state index >= 15 is 0 Å². The maximum absolute atomic E-state index is 9.10. The molecule has 0 aliphatic rings. The van der Waals surface area contributed by atoms with E-state index in [-0.39, 0.29) is 6.61 Å². The standard InChI is InChI=1S/C18H23NO2/c1-2-19(12-13-20)14-16-8-6-7-9-17(16)15-21-18-10-4-3-5-11-18/h3-11,20H,2,12-15H2,1H3. The van der Waals surface area contributed by atoms with Gasteiger partial charge in [-0.25, -0.2) is 0 Å². The molecule has 0 aliphatic heterocycles. The lowest BCUT2D eigenvalue weighted by Crippen LogP contribution is -2.26. The van der Waals surface area contributed by atoms with E-state index in [9.17, 15) is 0 Å². The van der Waals surface area contributed by atoms with Crippen molar-refractivity contribution in [2.24, 2.45) is 0 Å². The first-order valence-corrected chi connectivity index (χ1v) is 7.41. The van der Waals surface area contributed by atoms with Crippen LogP contribution in [0.15, 0.2) is 54.6 Å². The van der Waals surface area contributed by atoms with E-state index < -0.39 is 0 Å². The van der Waals surface area contributed by atoms with Crippen molar-refractivity contribution in [2.45, 2.75) is 20.1 Å². The van der Waals surface area contributed by atoms with Gasteiger partial charge < -0.3 is 9.84 Å². The highest BCUT2D eigenvalue weighted by Gasteiger charge is 2.07. The van der Waals surface area contributed by atoms with Crippen LogP contribution in [0, 0.1) is 0 Å². The molecule has 0 aromatic heterocycles. The van der Waals surface area contributed by atoms with Gasteiger partial charge in [0.15, 0.2) is 0 Å². The number of benzene rings is 2. The lowest BCUT2D eigenvalue weighted by atomic mass is 10.1. The minimum Gasteiger partial charge on any atom is -0.489 e. The summed E-state index contributed by atoms with van der Waals surface area (Å²) in [5.74, 6) is 0.884. The van der Waals surface area contributed by atoms with Crippen LogP contribution < -0.4 is 4.74 Å². The molecule has 1 N–H and O–H groups in total. The van der Waals surface area contributed by atoms with Gasteiger partial charge in [0.1, 0.15) is 12.4 Å². The molecule has 112 valence electrons. The maximum Gasteiger partial charge on any atom is 0.119 e. The van der Waals surface area contributed by atoms with Crippen molar-refractivity contribution in [3.8, 4) is 5.75 Å². The fourth-order valence-corrected chi connectivity index (χ4v) is 2.26. The molecule has 3 heteroatoms. The molecule has 0 bridgehead atoms. The summed E-state index contributed by atoms with van der Waals surface area (Å²) in [6.07, 6.45) is 0. The molecule has 0 unspecified atom stereocenters. The van der Waals surface area contributed by atoms with Crippen LogP contribution in [-0.2, 0) is 13.2 Å². The summed E-state index contributed by atoms with van der Waals surface area (Å²) in [6.45, 7) is 5.33. The number of hydrogen-bond acceptors (Lipinski definition) is 3. The molecular formula is C18H23NO2. The van der Waals surface area contributed by atoms with Crippen molar-refractivity contribution in [3.63, 3.8) is 0 Å². The zero-order chi connectivity index (χ0) is 14.9. The topological polar surface area (TPSA) is 32.7 Å². The molecule has 0 fully saturated rings. The van der Waals surface area contributed by atoms with Crippen LogP contribution in [0.5, 0.6) is 5.75 Å². The van der Waals surface area contributed by atoms with Gasteiger partial charge in [0.2, 0.25) is 0 Å². The van der Waals surface area contributed by atoms with Crippen LogP contribution >= 0.6 is 0 Å². The van der Waals surface area contributed by atoms with Gasteiger partial charge in [0.25, 0.3) is 0 Å². The highest BCUT2D eigenvalue weighted by atomic mass is 16.5. The third-order valence-corrected chi connectivity index (χ3v) is 3.51. The Labute approximate surface area is 126 Å².